The van der Waals surface area contributed by atoms with Crippen molar-refractivity contribution in [3.8, 4) is 5.75 Å². The molecule has 1 unspecified atom stereocenters. The lowest BCUT2D eigenvalue weighted by Crippen LogP contribution is -2.55. The predicted molar refractivity (Wildman–Crippen MR) is 164 cm³/mol. The number of amides is 4. The number of alkyl carbamates (subject to hydrolysis) is 1. The van der Waals surface area contributed by atoms with Gasteiger partial charge in [0.15, 0.2) is 0 Å². The number of rotatable bonds is 7. The van der Waals surface area contributed by atoms with Crippen molar-refractivity contribution in [3.05, 3.63) is 65.2 Å². The highest BCUT2D eigenvalue weighted by Crippen LogP contribution is 2.23. The minimum Gasteiger partial charge on any atom is -0.494 e. The van der Waals surface area contributed by atoms with Crippen molar-refractivity contribution >= 4 is 23.8 Å². The third-order valence-corrected chi connectivity index (χ3v) is 8.15. The SMILES string of the molecule is COCCOC(=O)N[C@H]1CC(=O)N2CCCC(CCOc3ccc(C)c(c3)CNC(=O)[C@H](CCc3ccccc3)NC1=O)C2. The van der Waals surface area contributed by atoms with Crippen molar-refractivity contribution in [2.45, 2.75) is 64.1 Å². The van der Waals surface area contributed by atoms with Crippen molar-refractivity contribution in [2.75, 3.05) is 40.0 Å². The van der Waals surface area contributed by atoms with Gasteiger partial charge in [-0.15, -0.1) is 0 Å². The zero-order chi connectivity index (χ0) is 31.3. The fourth-order valence-corrected chi connectivity index (χ4v) is 5.52. The first-order valence-electron chi connectivity index (χ1n) is 15.4. The number of benzene rings is 2. The second-order valence-electron chi connectivity index (χ2n) is 11.4. The van der Waals surface area contributed by atoms with E-state index in [1.54, 1.807) is 4.90 Å². The first kappa shape index (κ1) is 32.8. The second kappa shape index (κ2) is 16.7. The fraction of sp³-hybridized carbons (Fsp3) is 0.515. The summed E-state index contributed by atoms with van der Waals surface area (Å²) in [6.45, 7) is 4.03. The molecule has 4 bridgehead atoms. The van der Waals surface area contributed by atoms with Gasteiger partial charge in [0.2, 0.25) is 17.7 Å². The maximum atomic E-state index is 13.7. The van der Waals surface area contributed by atoms with E-state index < -0.39 is 24.1 Å². The third-order valence-electron chi connectivity index (χ3n) is 8.15. The van der Waals surface area contributed by atoms with E-state index >= 15 is 0 Å². The van der Waals surface area contributed by atoms with Gasteiger partial charge in [-0.1, -0.05) is 36.4 Å². The van der Waals surface area contributed by atoms with Gasteiger partial charge >= 0.3 is 6.09 Å². The van der Waals surface area contributed by atoms with Gasteiger partial charge in [0.05, 0.1) is 19.6 Å². The number of fused-ring (bicyclic) bond motifs is 4. The van der Waals surface area contributed by atoms with Crippen LogP contribution in [0.3, 0.4) is 0 Å². The summed E-state index contributed by atoms with van der Waals surface area (Å²) < 4.78 is 16.1. The molecule has 238 valence electrons. The summed E-state index contributed by atoms with van der Waals surface area (Å²) in [6.07, 6.45) is 2.35. The van der Waals surface area contributed by atoms with Crippen LogP contribution >= 0.6 is 0 Å². The quantitative estimate of drug-likeness (QED) is 0.412. The van der Waals surface area contributed by atoms with Crippen molar-refractivity contribution in [3.63, 3.8) is 0 Å². The summed E-state index contributed by atoms with van der Waals surface area (Å²) >= 11 is 0. The van der Waals surface area contributed by atoms with Gasteiger partial charge < -0.3 is 35.1 Å². The van der Waals surface area contributed by atoms with Crippen LogP contribution in [0.15, 0.2) is 48.5 Å². The summed E-state index contributed by atoms with van der Waals surface area (Å²) in [5, 5.41) is 8.33. The summed E-state index contributed by atoms with van der Waals surface area (Å²) in [5.74, 6) is -0.255. The maximum absolute atomic E-state index is 13.7. The first-order chi connectivity index (χ1) is 21.3. The van der Waals surface area contributed by atoms with Gasteiger partial charge in [0.25, 0.3) is 0 Å². The summed E-state index contributed by atoms with van der Waals surface area (Å²) in [5.41, 5.74) is 2.94. The molecule has 4 rings (SSSR count). The van der Waals surface area contributed by atoms with Crippen LogP contribution in [0, 0.1) is 12.8 Å². The average Bonchev–Trinajstić information content (AvgIpc) is 3.03. The molecule has 1 fully saturated rings. The zero-order valence-electron chi connectivity index (χ0n) is 25.6. The van der Waals surface area contributed by atoms with Crippen molar-refractivity contribution in [1.82, 2.24) is 20.9 Å². The van der Waals surface area contributed by atoms with Crippen LogP contribution in [0.4, 0.5) is 4.79 Å². The fourth-order valence-electron chi connectivity index (χ4n) is 5.52. The largest absolute Gasteiger partial charge is 0.494 e. The Hall–Kier alpha value is -4.12. The summed E-state index contributed by atoms with van der Waals surface area (Å²) in [7, 11) is 1.48. The van der Waals surface area contributed by atoms with Crippen molar-refractivity contribution < 1.29 is 33.4 Å². The molecule has 2 aliphatic heterocycles. The number of carbonyl (C=O) groups excluding carboxylic acids is 4. The Morgan fingerprint density at radius 2 is 1.89 bits per heavy atom. The van der Waals surface area contributed by atoms with Crippen molar-refractivity contribution in [1.29, 1.82) is 0 Å². The molecule has 0 spiro atoms. The zero-order valence-corrected chi connectivity index (χ0v) is 25.6. The molecule has 4 amide bonds. The lowest BCUT2D eigenvalue weighted by Gasteiger charge is -2.34. The Morgan fingerprint density at radius 3 is 2.68 bits per heavy atom. The number of hydrogen-bond acceptors (Lipinski definition) is 7. The number of methoxy groups -OCH3 is 1. The van der Waals surface area contributed by atoms with E-state index in [1.165, 1.54) is 7.11 Å². The van der Waals surface area contributed by atoms with Crippen LogP contribution < -0.4 is 20.7 Å². The van der Waals surface area contributed by atoms with Gasteiger partial charge in [-0.2, -0.15) is 0 Å². The molecule has 2 heterocycles. The molecular formula is C33H44N4O7. The highest BCUT2D eigenvalue weighted by Gasteiger charge is 2.32. The molecule has 2 aliphatic rings. The molecule has 0 radical (unpaired) electrons. The Kier molecular flexibility index (Phi) is 12.4. The smallest absolute Gasteiger partial charge is 0.407 e. The predicted octanol–water partition coefficient (Wildman–Crippen LogP) is 2.88. The lowest BCUT2D eigenvalue weighted by atomic mass is 9.94. The molecule has 0 aromatic heterocycles. The van der Waals surface area contributed by atoms with Gasteiger partial charge in [-0.05, 0) is 73.8 Å². The van der Waals surface area contributed by atoms with Gasteiger partial charge in [-0.3, -0.25) is 14.4 Å². The highest BCUT2D eigenvalue weighted by atomic mass is 16.6. The molecule has 2 aromatic carbocycles. The number of nitrogens with one attached hydrogen (secondary N) is 3. The molecule has 1 saturated heterocycles. The molecule has 3 N–H and O–H groups in total. The van der Waals surface area contributed by atoms with E-state index in [1.807, 2.05) is 55.5 Å². The van der Waals surface area contributed by atoms with Crippen LogP contribution in [-0.2, 0) is 36.8 Å². The monoisotopic (exact) mass is 608 g/mol. The topological polar surface area (TPSA) is 135 Å². The van der Waals surface area contributed by atoms with Gasteiger partial charge in [-0.25, -0.2) is 4.79 Å². The van der Waals surface area contributed by atoms with Crippen LogP contribution in [0.1, 0.15) is 48.8 Å². The second-order valence-corrected chi connectivity index (χ2v) is 11.4. The Labute approximate surface area is 259 Å². The normalized spacial score (nSPS) is 21.6. The first-order valence-corrected chi connectivity index (χ1v) is 15.4. The van der Waals surface area contributed by atoms with Crippen LogP contribution in [0.25, 0.3) is 0 Å². The maximum Gasteiger partial charge on any atom is 0.407 e. The van der Waals surface area contributed by atoms with E-state index in [9.17, 15) is 19.2 Å². The van der Waals surface area contributed by atoms with Crippen LogP contribution in [-0.4, -0.2) is 80.8 Å². The van der Waals surface area contributed by atoms with E-state index in [4.69, 9.17) is 14.2 Å². The third kappa shape index (κ3) is 9.97. The number of aryl methyl sites for hydroxylation is 2. The highest BCUT2D eigenvalue weighted by molar-refractivity contribution is 5.94. The van der Waals surface area contributed by atoms with E-state index in [0.29, 0.717) is 32.5 Å². The Balaban J connectivity index is 1.58. The number of ether oxygens (including phenoxy) is 3. The van der Waals surface area contributed by atoms with E-state index in [0.717, 1.165) is 41.7 Å². The molecule has 2 aromatic rings. The molecule has 44 heavy (non-hydrogen) atoms. The standard InChI is InChI=1S/C33H44N4O7/c1-23-10-12-27-19-26(23)21-34-31(39)28(13-11-24-7-4-3-5-8-24)35-32(40)29(36-33(41)44-18-17-42-2)20-30(38)37-15-6-9-25(22-37)14-16-43-27/h3-5,7-8,10,12,19,25,28-29H,6,9,11,13-18,20-22H2,1-2H3,(H,34,39)(H,35,40)(H,36,41)/t25?,28-,29-/m0/s1. The average molecular weight is 609 g/mol. The molecular weight excluding hydrogens is 564 g/mol. The number of hydrogen-bond donors (Lipinski definition) is 3. The molecule has 11 nitrogen and oxygen atoms in total. The lowest BCUT2D eigenvalue weighted by molar-refractivity contribution is -0.137. The Morgan fingerprint density at radius 1 is 1.07 bits per heavy atom. The molecule has 0 aliphatic carbocycles. The van der Waals surface area contributed by atoms with Crippen LogP contribution in [0.5, 0.6) is 5.75 Å². The minimum absolute atomic E-state index is 0.0107. The Bertz CT molecular complexity index is 1270. The minimum atomic E-state index is -1.23. The number of carbonyl (C=O) groups is 4. The van der Waals surface area contributed by atoms with E-state index in [-0.39, 0.29) is 43.9 Å². The number of piperidine rings is 1. The van der Waals surface area contributed by atoms with E-state index in [2.05, 4.69) is 16.0 Å². The summed E-state index contributed by atoms with van der Waals surface area (Å²) in [6, 6.07) is 13.3. The molecule has 0 saturated carbocycles. The van der Waals surface area contributed by atoms with Gasteiger partial charge in [0, 0.05) is 26.7 Å². The van der Waals surface area contributed by atoms with Crippen molar-refractivity contribution in [2.24, 2.45) is 5.92 Å². The summed E-state index contributed by atoms with van der Waals surface area (Å²) in [4.78, 5) is 55.0. The van der Waals surface area contributed by atoms with Gasteiger partial charge in [0.1, 0.15) is 24.4 Å². The molecule has 11 heteroatoms. The molecule has 3 atom stereocenters. The number of nitrogens with zero attached hydrogens (tertiary/aromatic N) is 1. The van der Waals surface area contributed by atoms with Crippen LogP contribution in [0.2, 0.25) is 0 Å².